The van der Waals surface area contributed by atoms with Crippen molar-refractivity contribution in [2.75, 3.05) is 5.32 Å². The van der Waals surface area contributed by atoms with E-state index in [0.717, 1.165) is 10.7 Å². The molecule has 0 aromatic carbocycles. The van der Waals surface area contributed by atoms with Crippen molar-refractivity contribution in [1.29, 1.82) is 0 Å². The molecule has 0 amide bonds. The molecule has 6 heteroatoms. The van der Waals surface area contributed by atoms with Crippen LogP contribution in [0.25, 0.3) is 0 Å². The third-order valence-electron chi connectivity index (χ3n) is 1.62. The maximum absolute atomic E-state index is 5.97. The van der Waals surface area contributed by atoms with Gasteiger partial charge in [-0.1, -0.05) is 23.2 Å². The van der Waals surface area contributed by atoms with Crippen LogP contribution in [0.1, 0.15) is 5.56 Å². The summed E-state index contributed by atoms with van der Waals surface area (Å²) < 4.78 is 0.641. The topological polar surface area (TPSA) is 24.9 Å². The van der Waals surface area contributed by atoms with Gasteiger partial charge in [0, 0.05) is 23.7 Å². The summed E-state index contributed by atoms with van der Waals surface area (Å²) in [4.78, 5) is 4.10. The highest BCUT2D eigenvalue weighted by Gasteiger charge is 2.07. The van der Waals surface area contributed by atoms with Crippen molar-refractivity contribution in [3.8, 4) is 0 Å². The van der Waals surface area contributed by atoms with E-state index in [0.29, 0.717) is 15.9 Å². The van der Waals surface area contributed by atoms with Gasteiger partial charge >= 0.3 is 0 Å². The molecule has 0 aliphatic carbocycles. The fourth-order valence-corrected chi connectivity index (χ4v) is 2.74. The zero-order valence-corrected chi connectivity index (χ0v) is 10.1. The Morgan fingerprint density at radius 1 is 1.36 bits per heavy atom. The van der Waals surface area contributed by atoms with Gasteiger partial charge in [-0.05, 0) is 5.38 Å². The van der Waals surface area contributed by atoms with E-state index in [-0.39, 0.29) is 0 Å². The second-order valence-electron chi connectivity index (χ2n) is 2.54. The number of hydrogen-bond acceptors (Lipinski definition) is 4. The molecule has 2 rings (SSSR count). The van der Waals surface area contributed by atoms with Crippen LogP contribution in [-0.4, -0.2) is 4.98 Å². The first-order valence-corrected chi connectivity index (χ1v) is 6.33. The average Bonchev–Trinajstić information content (AvgIpc) is 2.77. The van der Waals surface area contributed by atoms with Gasteiger partial charge in [0.2, 0.25) is 0 Å². The lowest BCUT2D eigenvalue weighted by molar-refractivity contribution is 1.15. The normalized spacial score (nSPS) is 10.4. The number of rotatable bonds is 3. The van der Waals surface area contributed by atoms with Crippen LogP contribution in [0.2, 0.25) is 9.36 Å². The zero-order chi connectivity index (χ0) is 9.97. The van der Waals surface area contributed by atoms with E-state index in [9.17, 15) is 0 Å². The number of halogens is 2. The average molecular weight is 265 g/mol. The molecule has 14 heavy (non-hydrogen) atoms. The first-order chi connectivity index (χ1) is 6.77. The molecule has 0 unspecified atom stereocenters. The molecule has 0 fully saturated rings. The van der Waals surface area contributed by atoms with Crippen LogP contribution >= 0.6 is 45.9 Å². The minimum Gasteiger partial charge on any atom is -0.357 e. The molecule has 0 aliphatic heterocycles. The monoisotopic (exact) mass is 264 g/mol. The van der Waals surface area contributed by atoms with Crippen molar-refractivity contribution in [1.82, 2.24) is 4.98 Å². The Labute approximate surface area is 99.5 Å². The van der Waals surface area contributed by atoms with Gasteiger partial charge in [0.1, 0.15) is 4.34 Å². The Morgan fingerprint density at radius 3 is 2.79 bits per heavy atom. The highest BCUT2D eigenvalue weighted by Crippen LogP contribution is 2.32. The number of nitrogens with zero attached hydrogens (tertiary/aromatic N) is 1. The molecule has 1 N–H and O–H groups in total. The molecule has 0 bridgehead atoms. The molecule has 0 radical (unpaired) electrons. The first kappa shape index (κ1) is 10.2. The Balaban J connectivity index is 2.02. The van der Waals surface area contributed by atoms with Crippen molar-refractivity contribution < 1.29 is 0 Å². The zero-order valence-electron chi connectivity index (χ0n) is 6.96. The van der Waals surface area contributed by atoms with Crippen LogP contribution in [-0.2, 0) is 6.54 Å². The van der Waals surface area contributed by atoms with Gasteiger partial charge in [-0.25, -0.2) is 4.98 Å². The van der Waals surface area contributed by atoms with Gasteiger partial charge in [-0.15, -0.1) is 22.7 Å². The molecule has 74 valence electrons. The lowest BCUT2D eigenvalue weighted by Crippen LogP contribution is -1.97. The highest BCUT2D eigenvalue weighted by atomic mass is 35.5. The Hall–Kier alpha value is -0.290. The Bertz CT molecular complexity index is 411. The summed E-state index contributed by atoms with van der Waals surface area (Å²) in [5, 5.41) is 8.57. The summed E-state index contributed by atoms with van der Waals surface area (Å²) in [6, 6.07) is 0. The molecule has 2 aromatic heterocycles. The summed E-state index contributed by atoms with van der Waals surface area (Å²) in [6.07, 6.45) is 1.76. The molecule has 0 saturated carbocycles. The standard InChI is InChI=1S/C8H6Cl2N2S2/c9-6-5(4-14-7(6)10)3-12-8-11-1-2-13-8/h1-2,4H,3H2,(H,11,12). The molecule has 2 aromatic rings. The molecule has 2 nitrogen and oxygen atoms in total. The predicted molar refractivity (Wildman–Crippen MR) is 63.8 cm³/mol. The van der Waals surface area contributed by atoms with Crippen LogP contribution in [0.5, 0.6) is 0 Å². The van der Waals surface area contributed by atoms with Crippen molar-refractivity contribution >= 4 is 51.0 Å². The lowest BCUT2D eigenvalue weighted by Gasteiger charge is -2.00. The Morgan fingerprint density at radius 2 is 2.21 bits per heavy atom. The number of thiophene rings is 1. The van der Waals surface area contributed by atoms with E-state index in [2.05, 4.69) is 10.3 Å². The van der Waals surface area contributed by atoms with Crippen LogP contribution in [0.4, 0.5) is 5.13 Å². The van der Waals surface area contributed by atoms with E-state index >= 15 is 0 Å². The van der Waals surface area contributed by atoms with E-state index in [4.69, 9.17) is 23.2 Å². The minimum atomic E-state index is 0.640. The summed E-state index contributed by atoms with van der Waals surface area (Å²) in [6.45, 7) is 0.662. The van der Waals surface area contributed by atoms with E-state index in [1.807, 2.05) is 10.8 Å². The largest absolute Gasteiger partial charge is 0.357 e. The maximum Gasteiger partial charge on any atom is 0.182 e. The molecular formula is C8H6Cl2N2S2. The van der Waals surface area contributed by atoms with Gasteiger partial charge in [0.05, 0.1) is 5.02 Å². The lowest BCUT2D eigenvalue weighted by atomic mass is 10.3. The highest BCUT2D eigenvalue weighted by molar-refractivity contribution is 7.15. The molecule has 0 aliphatic rings. The van der Waals surface area contributed by atoms with E-state index in [1.54, 1.807) is 17.5 Å². The van der Waals surface area contributed by atoms with Crippen LogP contribution in [0.15, 0.2) is 17.0 Å². The fourth-order valence-electron chi connectivity index (χ4n) is 0.953. The fraction of sp³-hybridized carbons (Fsp3) is 0.125. The van der Waals surface area contributed by atoms with Crippen molar-refractivity contribution in [3.63, 3.8) is 0 Å². The number of aromatic nitrogens is 1. The number of thiazole rings is 1. The van der Waals surface area contributed by atoms with Crippen molar-refractivity contribution in [2.45, 2.75) is 6.54 Å². The summed E-state index contributed by atoms with van der Waals surface area (Å²) in [5.74, 6) is 0. The van der Waals surface area contributed by atoms with E-state index < -0.39 is 0 Å². The molecule has 0 spiro atoms. The number of anilines is 1. The third-order valence-corrected chi connectivity index (χ3v) is 4.26. The molecule has 0 saturated heterocycles. The van der Waals surface area contributed by atoms with Crippen LogP contribution in [0.3, 0.4) is 0 Å². The van der Waals surface area contributed by atoms with E-state index in [1.165, 1.54) is 11.3 Å². The molecular weight excluding hydrogens is 259 g/mol. The van der Waals surface area contributed by atoms with Gasteiger partial charge in [-0.3, -0.25) is 0 Å². The Kier molecular flexibility index (Phi) is 3.28. The SMILES string of the molecule is Clc1scc(CNc2nccs2)c1Cl. The van der Waals surface area contributed by atoms with Crippen molar-refractivity contribution in [2.24, 2.45) is 0 Å². The quantitative estimate of drug-likeness (QED) is 0.902. The first-order valence-electron chi connectivity index (χ1n) is 3.82. The molecule has 0 atom stereocenters. The smallest absolute Gasteiger partial charge is 0.182 e. The van der Waals surface area contributed by atoms with Gasteiger partial charge in [0.15, 0.2) is 5.13 Å². The summed E-state index contributed by atoms with van der Waals surface area (Å²) in [5.41, 5.74) is 1.01. The third kappa shape index (κ3) is 2.20. The second-order valence-corrected chi connectivity index (χ2v) is 5.29. The number of nitrogens with one attached hydrogen (secondary N) is 1. The second kappa shape index (κ2) is 4.49. The summed E-state index contributed by atoms with van der Waals surface area (Å²) in [7, 11) is 0. The molecule has 2 heterocycles. The van der Waals surface area contributed by atoms with Gasteiger partial charge in [-0.2, -0.15) is 0 Å². The summed E-state index contributed by atoms with van der Waals surface area (Å²) >= 11 is 14.8. The van der Waals surface area contributed by atoms with Crippen LogP contribution < -0.4 is 5.32 Å². The van der Waals surface area contributed by atoms with Crippen molar-refractivity contribution in [3.05, 3.63) is 31.9 Å². The minimum absolute atomic E-state index is 0.640. The predicted octanol–water partition coefficient (Wildman–Crippen LogP) is 4.12. The van der Waals surface area contributed by atoms with Crippen LogP contribution in [0, 0.1) is 0 Å². The van der Waals surface area contributed by atoms with Gasteiger partial charge in [0.25, 0.3) is 0 Å². The number of hydrogen-bond donors (Lipinski definition) is 1. The maximum atomic E-state index is 5.97. The van der Waals surface area contributed by atoms with Gasteiger partial charge < -0.3 is 5.32 Å².